The van der Waals surface area contributed by atoms with E-state index >= 15 is 0 Å². The summed E-state index contributed by atoms with van der Waals surface area (Å²) in [4.78, 5) is 3.77. The number of nitrogens with one attached hydrogen (secondary N) is 1. The molecule has 1 aromatic heterocycles. The van der Waals surface area contributed by atoms with E-state index in [1.807, 2.05) is 6.92 Å². The minimum atomic E-state index is -0.750. The molecular formula is C11H17FN2OS. The van der Waals surface area contributed by atoms with Crippen molar-refractivity contribution in [1.82, 2.24) is 10.3 Å². The first-order chi connectivity index (χ1) is 7.58. The lowest BCUT2D eigenvalue weighted by Crippen LogP contribution is -2.27. The fourth-order valence-corrected chi connectivity index (χ4v) is 1.97. The second-order valence-corrected chi connectivity index (χ2v) is 5.41. The van der Waals surface area contributed by atoms with E-state index in [4.69, 9.17) is 0 Å². The van der Waals surface area contributed by atoms with Crippen LogP contribution >= 0.6 is 0 Å². The Morgan fingerprint density at radius 1 is 1.56 bits per heavy atom. The van der Waals surface area contributed by atoms with Crippen LogP contribution in [0.3, 0.4) is 0 Å². The summed E-state index contributed by atoms with van der Waals surface area (Å²) >= 11 is 0. The molecule has 2 unspecified atom stereocenters. The van der Waals surface area contributed by atoms with Gasteiger partial charge in [0.05, 0.1) is 6.20 Å². The zero-order valence-electron chi connectivity index (χ0n) is 9.57. The van der Waals surface area contributed by atoms with Crippen LogP contribution in [0.25, 0.3) is 0 Å². The van der Waals surface area contributed by atoms with E-state index < -0.39 is 10.8 Å². The lowest BCUT2D eigenvalue weighted by atomic mass is 10.2. The third kappa shape index (κ3) is 5.32. The summed E-state index contributed by atoms with van der Waals surface area (Å²) in [5.74, 6) is 0.372. The monoisotopic (exact) mass is 244 g/mol. The highest BCUT2D eigenvalue weighted by atomic mass is 32.2. The lowest BCUT2D eigenvalue weighted by Gasteiger charge is -2.12. The van der Waals surface area contributed by atoms with Crippen molar-refractivity contribution in [2.75, 3.05) is 12.0 Å². The Morgan fingerprint density at radius 2 is 2.31 bits per heavy atom. The third-order valence-electron chi connectivity index (χ3n) is 2.25. The zero-order chi connectivity index (χ0) is 12.0. The highest BCUT2D eigenvalue weighted by Crippen LogP contribution is 2.01. The van der Waals surface area contributed by atoms with Crippen molar-refractivity contribution in [3.8, 4) is 0 Å². The van der Waals surface area contributed by atoms with Crippen LogP contribution in [0, 0.1) is 5.82 Å². The van der Waals surface area contributed by atoms with Gasteiger partial charge in [-0.25, -0.2) is 4.39 Å². The quantitative estimate of drug-likeness (QED) is 0.824. The minimum Gasteiger partial charge on any atom is -0.310 e. The van der Waals surface area contributed by atoms with E-state index in [1.165, 1.54) is 12.3 Å². The van der Waals surface area contributed by atoms with Crippen molar-refractivity contribution >= 4 is 10.8 Å². The fraction of sp³-hybridized carbons (Fsp3) is 0.545. The third-order valence-corrected chi connectivity index (χ3v) is 3.07. The molecule has 0 bridgehead atoms. The molecule has 0 aromatic carbocycles. The van der Waals surface area contributed by atoms with Crippen molar-refractivity contribution in [2.24, 2.45) is 0 Å². The lowest BCUT2D eigenvalue weighted by molar-refractivity contribution is 0.531. The van der Waals surface area contributed by atoms with Crippen molar-refractivity contribution in [3.05, 3.63) is 29.8 Å². The Morgan fingerprint density at radius 3 is 2.94 bits per heavy atom. The van der Waals surface area contributed by atoms with Gasteiger partial charge >= 0.3 is 0 Å². The van der Waals surface area contributed by atoms with Crippen molar-refractivity contribution in [1.29, 1.82) is 0 Å². The first kappa shape index (κ1) is 13.3. The van der Waals surface area contributed by atoms with Gasteiger partial charge < -0.3 is 5.32 Å². The predicted molar refractivity (Wildman–Crippen MR) is 64.0 cm³/mol. The number of hydrogen-bond donors (Lipinski definition) is 1. The van der Waals surface area contributed by atoms with Crippen LogP contribution < -0.4 is 5.32 Å². The van der Waals surface area contributed by atoms with Crippen LogP contribution in [0.2, 0.25) is 0 Å². The Kier molecular flexibility index (Phi) is 5.55. The molecule has 0 aliphatic heterocycles. The van der Waals surface area contributed by atoms with Crippen LogP contribution in [0.4, 0.5) is 4.39 Å². The molecule has 1 heterocycles. The van der Waals surface area contributed by atoms with Gasteiger partial charge in [-0.15, -0.1) is 0 Å². The van der Waals surface area contributed by atoms with Gasteiger partial charge in [0.2, 0.25) is 0 Å². The van der Waals surface area contributed by atoms with Gasteiger partial charge in [-0.1, -0.05) is 0 Å². The molecule has 1 aromatic rings. The first-order valence-corrected chi connectivity index (χ1v) is 6.93. The Balaban J connectivity index is 2.31. The van der Waals surface area contributed by atoms with Crippen molar-refractivity contribution in [2.45, 2.75) is 25.9 Å². The standard InChI is InChI=1S/C11H17FN2OS/c1-9(3-4-16(2)15)14-7-10-5-11(12)8-13-6-10/h5-6,8-9,14H,3-4,7H2,1-2H3. The largest absolute Gasteiger partial charge is 0.310 e. The van der Waals surface area contributed by atoms with Crippen molar-refractivity contribution < 1.29 is 8.60 Å². The van der Waals surface area contributed by atoms with E-state index in [-0.39, 0.29) is 11.9 Å². The summed E-state index contributed by atoms with van der Waals surface area (Å²) in [6.45, 7) is 2.61. The summed E-state index contributed by atoms with van der Waals surface area (Å²) in [6, 6.07) is 1.73. The van der Waals surface area contributed by atoms with Crippen LogP contribution in [0.15, 0.2) is 18.5 Å². The van der Waals surface area contributed by atoms with Gasteiger partial charge in [0.15, 0.2) is 0 Å². The molecule has 1 N–H and O–H groups in total. The molecule has 0 radical (unpaired) electrons. The molecule has 90 valence electrons. The molecule has 0 aliphatic rings. The topological polar surface area (TPSA) is 42.0 Å². The molecule has 0 saturated carbocycles. The zero-order valence-corrected chi connectivity index (χ0v) is 10.4. The van der Waals surface area contributed by atoms with Gasteiger partial charge in [0.1, 0.15) is 5.82 Å². The molecular weight excluding hydrogens is 227 g/mol. The van der Waals surface area contributed by atoms with E-state index in [0.717, 1.165) is 12.0 Å². The van der Waals surface area contributed by atoms with Crippen LogP contribution in [-0.2, 0) is 17.3 Å². The summed E-state index contributed by atoms with van der Waals surface area (Å²) in [7, 11) is -0.750. The fourth-order valence-electron chi connectivity index (χ4n) is 1.29. The highest BCUT2D eigenvalue weighted by Gasteiger charge is 2.03. The van der Waals surface area contributed by atoms with E-state index in [1.54, 1.807) is 12.5 Å². The van der Waals surface area contributed by atoms with E-state index in [9.17, 15) is 8.60 Å². The number of halogens is 1. The second-order valence-electron chi connectivity index (χ2n) is 3.86. The number of hydrogen-bond acceptors (Lipinski definition) is 3. The van der Waals surface area contributed by atoms with Crippen LogP contribution in [0.1, 0.15) is 18.9 Å². The molecule has 0 aliphatic carbocycles. The normalized spacial score (nSPS) is 14.7. The van der Waals surface area contributed by atoms with Gasteiger partial charge in [-0.3, -0.25) is 9.19 Å². The van der Waals surface area contributed by atoms with Gasteiger partial charge in [0, 0.05) is 41.6 Å². The highest BCUT2D eigenvalue weighted by molar-refractivity contribution is 7.84. The molecule has 5 heteroatoms. The first-order valence-electron chi connectivity index (χ1n) is 5.21. The van der Waals surface area contributed by atoms with Gasteiger partial charge in [-0.05, 0) is 25.0 Å². The number of nitrogens with zero attached hydrogens (tertiary/aromatic N) is 1. The average Bonchev–Trinajstić information content (AvgIpc) is 2.23. The Labute approximate surface area is 97.9 Å². The molecule has 0 fully saturated rings. The van der Waals surface area contributed by atoms with Crippen molar-refractivity contribution in [3.63, 3.8) is 0 Å². The van der Waals surface area contributed by atoms with Crippen LogP contribution in [0.5, 0.6) is 0 Å². The summed E-state index contributed by atoms with van der Waals surface area (Å²) in [6.07, 6.45) is 5.38. The van der Waals surface area contributed by atoms with Gasteiger partial charge in [0.25, 0.3) is 0 Å². The molecule has 3 nitrogen and oxygen atoms in total. The predicted octanol–water partition coefficient (Wildman–Crippen LogP) is 1.47. The number of rotatable bonds is 6. The summed E-state index contributed by atoms with van der Waals surface area (Å²) < 4.78 is 23.7. The summed E-state index contributed by atoms with van der Waals surface area (Å²) in [5, 5.41) is 3.24. The van der Waals surface area contributed by atoms with E-state index in [2.05, 4.69) is 10.3 Å². The SMILES string of the molecule is CC(CCS(C)=O)NCc1cncc(F)c1. The molecule has 2 atom stereocenters. The number of pyridine rings is 1. The molecule has 0 amide bonds. The minimum absolute atomic E-state index is 0.271. The maximum atomic E-state index is 12.8. The molecule has 0 saturated heterocycles. The second kappa shape index (κ2) is 6.70. The molecule has 1 rings (SSSR count). The summed E-state index contributed by atoms with van der Waals surface area (Å²) in [5.41, 5.74) is 0.824. The van der Waals surface area contributed by atoms with Gasteiger partial charge in [-0.2, -0.15) is 0 Å². The maximum Gasteiger partial charge on any atom is 0.141 e. The molecule has 0 spiro atoms. The van der Waals surface area contributed by atoms with E-state index in [0.29, 0.717) is 12.3 Å². The van der Waals surface area contributed by atoms with Crippen LogP contribution in [-0.4, -0.2) is 27.2 Å². The Bertz CT molecular complexity index is 360. The average molecular weight is 244 g/mol. The Hall–Kier alpha value is -0.810. The maximum absolute atomic E-state index is 12.8. The smallest absolute Gasteiger partial charge is 0.141 e. The molecule has 16 heavy (non-hydrogen) atoms. The number of aromatic nitrogens is 1.